The van der Waals surface area contributed by atoms with Crippen LogP contribution in [-0.4, -0.2) is 42.2 Å². The Morgan fingerprint density at radius 2 is 2.17 bits per heavy atom. The number of hydrogen-bond acceptors (Lipinski definition) is 3. The number of hydrogen-bond donors (Lipinski definition) is 1. The average molecular weight is 270 g/mol. The second-order valence-corrected chi connectivity index (χ2v) is 4.79. The lowest BCUT2D eigenvalue weighted by Gasteiger charge is -2.32. The van der Waals surface area contributed by atoms with E-state index in [4.69, 9.17) is 21.4 Å². The van der Waals surface area contributed by atoms with Crippen molar-refractivity contribution in [2.24, 2.45) is 0 Å². The molecule has 1 unspecified atom stereocenters. The van der Waals surface area contributed by atoms with E-state index < -0.39 is 5.97 Å². The molecule has 0 aliphatic carbocycles. The van der Waals surface area contributed by atoms with Gasteiger partial charge in [-0.15, -0.1) is 0 Å². The van der Waals surface area contributed by atoms with Crippen molar-refractivity contribution in [2.45, 2.75) is 12.5 Å². The minimum absolute atomic E-state index is 0.00446. The lowest BCUT2D eigenvalue weighted by molar-refractivity contribution is -0.137. The van der Waals surface area contributed by atoms with E-state index in [1.165, 1.54) is 0 Å². The maximum absolute atomic E-state index is 10.6. The monoisotopic (exact) mass is 269 g/mol. The largest absolute Gasteiger partial charge is 0.481 e. The Kier molecular flexibility index (Phi) is 4.58. The molecule has 1 saturated heterocycles. The van der Waals surface area contributed by atoms with Crippen LogP contribution >= 0.6 is 11.6 Å². The van der Waals surface area contributed by atoms with Gasteiger partial charge >= 0.3 is 5.97 Å². The first-order valence-electron chi connectivity index (χ1n) is 5.96. The molecule has 1 N–H and O–H groups in total. The number of rotatable bonds is 4. The minimum Gasteiger partial charge on any atom is -0.481 e. The van der Waals surface area contributed by atoms with Crippen molar-refractivity contribution >= 4 is 17.6 Å². The number of carboxylic acids is 1. The van der Waals surface area contributed by atoms with Gasteiger partial charge in [0.15, 0.2) is 0 Å². The van der Waals surface area contributed by atoms with Crippen LogP contribution in [0.25, 0.3) is 0 Å². The lowest BCUT2D eigenvalue weighted by Crippen LogP contribution is -2.39. The van der Waals surface area contributed by atoms with Crippen LogP contribution in [0.3, 0.4) is 0 Å². The topological polar surface area (TPSA) is 49.8 Å². The summed E-state index contributed by atoms with van der Waals surface area (Å²) in [4.78, 5) is 12.7. The highest BCUT2D eigenvalue weighted by molar-refractivity contribution is 6.30. The quantitative estimate of drug-likeness (QED) is 0.910. The minimum atomic E-state index is -0.760. The van der Waals surface area contributed by atoms with Gasteiger partial charge in [-0.25, -0.2) is 0 Å². The summed E-state index contributed by atoms with van der Waals surface area (Å²) >= 11 is 5.85. The van der Waals surface area contributed by atoms with Crippen LogP contribution in [0, 0.1) is 0 Å². The fourth-order valence-corrected chi connectivity index (χ4v) is 2.16. The first-order valence-corrected chi connectivity index (χ1v) is 6.34. The maximum Gasteiger partial charge on any atom is 0.304 e. The van der Waals surface area contributed by atoms with Gasteiger partial charge in [0.1, 0.15) is 0 Å². The molecule has 1 heterocycles. The Hall–Kier alpha value is -1.10. The summed E-state index contributed by atoms with van der Waals surface area (Å²) in [6.45, 7) is 2.72. The summed E-state index contributed by atoms with van der Waals surface area (Å²) in [5, 5.41) is 9.39. The fraction of sp³-hybridized carbons (Fsp3) is 0.462. The van der Waals surface area contributed by atoms with E-state index in [1.54, 1.807) is 0 Å². The molecular weight excluding hydrogens is 254 g/mol. The van der Waals surface area contributed by atoms with E-state index in [1.807, 2.05) is 24.3 Å². The van der Waals surface area contributed by atoms with Crippen molar-refractivity contribution in [3.05, 3.63) is 34.9 Å². The second kappa shape index (κ2) is 6.18. The number of nitrogens with zero attached hydrogens (tertiary/aromatic N) is 1. The van der Waals surface area contributed by atoms with Gasteiger partial charge in [0, 0.05) is 24.7 Å². The highest BCUT2D eigenvalue weighted by Crippen LogP contribution is 2.23. The zero-order valence-electron chi connectivity index (χ0n) is 10.0. The molecule has 5 heteroatoms. The summed E-state index contributed by atoms with van der Waals surface area (Å²) in [5.74, 6) is -0.760. The third kappa shape index (κ3) is 3.70. The summed E-state index contributed by atoms with van der Waals surface area (Å²) in [6.07, 6.45) is 0.178. The molecule has 1 aliphatic heterocycles. The van der Waals surface area contributed by atoms with Gasteiger partial charge < -0.3 is 9.84 Å². The number of morpholine rings is 1. The van der Waals surface area contributed by atoms with Crippen molar-refractivity contribution in [1.29, 1.82) is 0 Å². The molecule has 0 radical (unpaired) electrons. The van der Waals surface area contributed by atoms with Gasteiger partial charge in [-0.2, -0.15) is 0 Å². The second-order valence-electron chi connectivity index (χ2n) is 4.36. The Labute approximate surface area is 111 Å². The molecule has 4 nitrogen and oxygen atoms in total. The highest BCUT2D eigenvalue weighted by Gasteiger charge is 2.22. The zero-order valence-corrected chi connectivity index (χ0v) is 10.8. The summed E-state index contributed by atoms with van der Waals surface area (Å²) < 4.78 is 5.71. The Morgan fingerprint density at radius 3 is 2.83 bits per heavy atom. The summed E-state index contributed by atoms with van der Waals surface area (Å²) in [7, 11) is 0. The Bertz CT molecular complexity index is 407. The van der Waals surface area contributed by atoms with Crippen LogP contribution in [0.1, 0.15) is 18.1 Å². The number of ether oxygens (including phenoxy) is 1. The molecule has 1 fully saturated rings. The number of halogens is 1. The first kappa shape index (κ1) is 13.3. The average Bonchev–Trinajstić information content (AvgIpc) is 2.37. The molecule has 98 valence electrons. The van der Waals surface area contributed by atoms with Crippen LogP contribution in [-0.2, 0) is 9.53 Å². The molecule has 1 atom stereocenters. The maximum atomic E-state index is 10.6. The van der Waals surface area contributed by atoms with Crippen LogP contribution < -0.4 is 0 Å². The van der Waals surface area contributed by atoms with Crippen molar-refractivity contribution in [1.82, 2.24) is 4.90 Å². The molecule has 0 aromatic heterocycles. The molecule has 1 aromatic rings. The van der Waals surface area contributed by atoms with Crippen molar-refractivity contribution < 1.29 is 14.6 Å². The molecular formula is C13H16ClNO3. The van der Waals surface area contributed by atoms with Crippen molar-refractivity contribution in [2.75, 3.05) is 26.2 Å². The van der Waals surface area contributed by atoms with Crippen molar-refractivity contribution in [3.63, 3.8) is 0 Å². The first-order chi connectivity index (χ1) is 8.65. The highest BCUT2D eigenvalue weighted by atomic mass is 35.5. The van der Waals surface area contributed by atoms with E-state index in [0.717, 1.165) is 18.7 Å². The predicted octanol–water partition coefficient (Wildman–Crippen LogP) is 2.19. The number of aliphatic carboxylic acids is 1. The van der Waals surface area contributed by atoms with Crippen LogP contribution in [0.15, 0.2) is 24.3 Å². The predicted molar refractivity (Wildman–Crippen MR) is 68.8 cm³/mol. The van der Waals surface area contributed by atoms with E-state index in [9.17, 15) is 4.79 Å². The van der Waals surface area contributed by atoms with E-state index >= 15 is 0 Å². The number of carbonyl (C=O) groups is 1. The SMILES string of the molecule is O=C(O)CCN1CCOC(c2ccc(Cl)cc2)C1. The smallest absolute Gasteiger partial charge is 0.304 e. The molecule has 0 spiro atoms. The molecule has 0 saturated carbocycles. The van der Waals surface area contributed by atoms with Gasteiger partial charge in [0.25, 0.3) is 0 Å². The molecule has 1 aliphatic rings. The number of benzene rings is 1. The third-order valence-corrected chi connectivity index (χ3v) is 3.29. The van der Waals surface area contributed by atoms with Crippen LogP contribution in [0.4, 0.5) is 0 Å². The van der Waals surface area contributed by atoms with Crippen LogP contribution in [0.5, 0.6) is 0 Å². The molecule has 0 bridgehead atoms. The Morgan fingerprint density at radius 1 is 1.44 bits per heavy atom. The van der Waals surface area contributed by atoms with Gasteiger partial charge in [-0.3, -0.25) is 9.69 Å². The van der Waals surface area contributed by atoms with E-state index in [-0.39, 0.29) is 12.5 Å². The lowest BCUT2D eigenvalue weighted by atomic mass is 10.1. The van der Waals surface area contributed by atoms with Gasteiger partial charge in [0.05, 0.1) is 19.1 Å². The molecule has 18 heavy (non-hydrogen) atoms. The third-order valence-electron chi connectivity index (χ3n) is 3.03. The van der Waals surface area contributed by atoms with Gasteiger partial charge in [-0.05, 0) is 17.7 Å². The van der Waals surface area contributed by atoms with Gasteiger partial charge in [-0.1, -0.05) is 23.7 Å². The van der Waals surface area contributed by atoms with E-state index in [2.05, 4.69) is 4.90 Å². The summed E-state index contributed by atoms with van der Waals surface area (Å²) in [5.41, 5.74) is 1.08. The van der Waals surface area contributed by atoms with Gasteiger partial charge in [0.2, 0.25) is 0 Å². The molecule has 1 aromatic carbocycles. The zero-order chi connectivity index (χ0) is 13.0. The van der Waals surface area contributed by atoms with Crippen molar-refractivity contribution in [3.8, 4) is 0 Å². The standard InChI is InChI=1S/C13H16ClNO3/c14-11-3-1-10(2-4-11)12-9-15(7-8-18-12)6-5-13(16)17/h1-4,12H,5-9H2,(H,16,17). The Balaban J connectivity index is 1.93. The normalized spacial score (nSPS) is 20.8. The molecule has 2 rings (SSSR count). The fourth-order valence-electron chi connectivity index (χ4n) is 2.04. The summed E-state index contributed by atoms with van der Waals surface area (Å²) in [6, 6.07) is 7.59. The van der Waals surface area contributed by atoms with Crippen LogP contribution in [0.2, 0.25) is 5.02 Å². The van der Waals surface area contributed by atoms with E-state index in [0.29, 0.717) is 18.2 Å². The number of carboxylic acid groups (broad SMARTS) is 1. The molecule has 0 amide bonds.